The third kappa shape index (κ3) is 3.29. The Morgan fingerprint density at radius 2 is 2.25 bits per heavy atom. The fraction of sp³-hybridized carbons (Fsp3) is 0.364. The molecule has 0 saturated heterocycles. The van der Waals surface area contributed by atoms with E-state index in [1.165, 1.54) is 12.1 Å². The maximum atomic E-state index is 13.5. The van der Waals surface area contributed by atoms with Crippen molar-refractivity contribution in [2.45, 2.75) is 6.54 Å². The van der Waals surface area contributed by atoms with Crippen molar-refractivity contribution in [2.75, 3.05) is 20.2 Å². The molecule has 1 rings (SSSR count). The van der Waals surface area contributed by atoms with Gasteiger partial charge in [0.25, 0.3) is 0 Å². The Hall–Kier alpha value is -1.46. The average molecular weight is 226 g/mol. The summed E-state index contributed by atoms with van der Waals surface area (Å²) < 4.78 is 13.5. The van der Waals surface area contributed by atoms with E-state index >= 15 is 0 Å². The second-order valence-corrected chi connectivity index (χ2v) is 3.63. The van der Waals surface area contributed by atoms with Crippen molar-refractivity contribution in [1.82, 2.24) is 4.90 Å². The predicted octanol–water partition coefficient (Wildman–Crippen LogP) is 0.349. The molecule has 0 spiro atoms. The minimum Gasteiger partial charge on any atom is -0.395 e. The number of nitrogens with two attached hydrogens (primary N) is 1. The van der Waals surface area contributed by atoms with Gasteiger partial charge >= 0.3 is 0 Å². The second-order valence-electron chi connectivity index (χ2n) is 3.63. The van der Waals surface area contributed by atoms with Gasteiger partial charge in [-0.2, -0.15) is 0 Å². The number of aliphatic hydroxyl groups is 1. The summed E-state index contributed by atoms with van der Waals surface area (Å²) >= 11 is 0. The Balaban J connectivity index is 2.79. The van der Waals surface area contributed by atoms with Gasteiger partial charge in [-0.1, -0.05) is 6.07 Å². The lowest BCUT2D eigenvalue weighted by atomic mass is 10.1. The van der Waals surface area contributed by atoms with Crippen LogP contribution in [0.4, 0.5) is 4.39 Å². The third-order valence-electron chi connectivity index (χ3n) is 2.26. The molecular formula is C11H15FN2O2. The first kappa shape index (κ1) is 12.6. The van der Waals surface area contributed by atoms with Crippen LogP contribution < -0.4 is 5.73 Å². The summed E-state index contributed by atoms with van der Waals surface area (Å²) in [6.07, 6.45) is 0. The molecule has 3 N–H and O–H groups in total. The van der Waals surface area contributed by atoms with E-state index in [1.807, 2.05) is 0 Å². The number of carbonyl (C=O) groups is 1. The SMILES string of the molecule is CN(CCO)Cc1ccc(C(N)=O)cc1F. The van der Waals surface area contributed by atoms with Gasteiger partial charge < -0.3 is 10.8 Å². The molecule has 0 aromatic heterocycles. The van der Waals surface area contributed by atoms with Crippen LogP contribution in [0.5, 0.6) is 0 Å². The molecule has 0 fully saturated rings. The van der Waals surface area contributed by atoms with Gasteiger partial charge in [-0.3, -0.25) is 9.69 Å². The number of amides is 1. The molecule has 0 bridgehead atoms. The minimum atomic E-state index is -0.644. The Morgan fingerprint density at radius 1 is 1.56 bits per heavy atom. The molecule has 0 aliphatic rings. The Morgan fingerprint density at radius 3 is 2.75 bits per heavy atom. The first-order valence-corrected chi connectivity index (χ1v) is 4.92. The van der Waals surface area contributed by atoms with Crippen molar-refractivity contribution in [2.24, 2.45) is 5.73 Å². The molecule has 88 valence electrons. The fourth-order valence-corrected chi connectivity index (χ4v) is 1.37. The van der Waals surface area contributed by atoms with E-state index in [2.05, 4.69) is 0 Å². The monoisotopic (exact) mass is 226 g/mol. The number of hydrogen-bond donors (Lipinski definition) is 2. The molecule has 4 nitrogen and oxygen atoms in total. The predicted molar refractivity (Wildman–Crippen MR) is 58.3 cm³/mol. The summed E-state index contributed by atoms with van der Waals surface area (Å²) in [6.45, 7) is 0.875. The zero-order chi connectivity index (χ0) is 12.1. The molecule has 0 aliphatic carbocycles. The van der Waals surface area contributed by atoms with Crippen LogP contribution in [0.2, 0.25) is 0 Å². The van der Waals surface area contributed by atoms with Crippen LogP contribution in [0.25, 0.3) is 0 Å². The van der Waals surface area contributed by atoms with Crippen LogP contribution >= 0.6 is 0 Å². The second kappa shape index (κ2) is 5.58. The molecule has 0 aliphatic heterocycles. The molecule has 0 unspecified atom stereocenters. The summed E-state index contributed by atoms with van der Waals surface area (Å²) in [7, 11) is 1.78. The quantitative estimate of drug-likeness (QED) is 0.761. The number of likely N-dealkylation sites (N-methyl/N-ethyl adjacent to an activating group) is 1. The van der Waals surface area contributed by atoms with Crippen LogP contribution in [-0.2, 0) is 6.54 Å². The molecule has 1 aromatic rings. The molecular weight excluding hydrogens is 211 g/mol. The minimum absolute atomic E-state index is 0.0253. The summed E-state index contributed by atoms with van der Waals surface area (Å²) in [6, 6.07) is 4.15. The zero-order valence-electron chi connectivity index (χ0n) is 9.11. The first-order valence-electron chi connectivity index (χ1n) is 4.92. The number of benzene rings is 1. The van der Waals surface area contributed by atoms with Crippen molar-refractivity contribution in [3.05, 3.63) is 35.1 Å². The van der Waals surface area contributed by atoms with E-state index in [0.29, 0.717) is 18.7 Å². The molecule has 5 heteroatoms. The van der Waals surface area contributed by atoms with E-state index < -0.39 is 11.7 Å². The molecule has 1 aromatic carbocycles. The number of hydrogen-bond acceptors (Lipinski definition) is 3. The Labute approximate surface area is 93.5 Å². The molecule has 0 atom stereocenters. The highest BCUT2D eigenvalue weighted by atomic mass is 19.1. The van der Waals surface area contributed by atoms with Gasteiger partial charge in [0.2, 0.25) is 5.91 Å². The van der Waals surface area contributed by atoms with Crippen molar-refractivity contribution < 1.29 is 14.3 Å². The lowest BCUT2D eigenvalue weighted by Gasteiger charge is -2.15. The number of rotatable bonds is 5. The highest BCUT2D eigenvalue weighted by Gasteiger charge is 2.08. The van der Waals surface area contributed by atoms with Gasteiger partial charge in [-0.15, -0.1) is 0 Å². The van der Waals surface area contributed by atoms with Crippen molar-refractivity contribution >= 4 is 5.91 Å². The largest absolute Gasteiger partial charge is 0.395 e. The summed E-state index contributed by atoms with van der Waals surface area (Å²) in [5, 5.41) is 8.70. The smallest absolute Gasteiger partial charge is 0.248 e. The van der Waals surface area contributed by atoms with E-state index in [1.54, 1.807) is 11.9 Å². The van der Waals surface area contributed by atoms with Crippen LogP contribution in [0.1, 0.15) is 15.9 Å². The number of nitrogens with zero attached hydrogens (tertiary/aromatic N) is 1. The summed E-state index contributed by atoms with van der Waals surface area (Å²) in [5.41, 5.74) is 5.66. The topological polar surface area (TPSA) is 66.6 Å². The zero-order valence-corrected chi connectivity index (χ0v) is 9.11. The van der Waals surface area contributed by atoms with Gasteiger partial charge in [0.15, 0.2) is 0 Å². The van der Waals surface area contributed by atoms with Crippen LogP contribution in [0.3, 0.4) is 0 Å². The van der Waals surface area contributed by atoms with Crippen LogP contribution in [0.15, 0.2) is 18.2 Å². The van der Waals surface area contributed by atoms with E-state index in [-0.39, 0.29) is 12.2 Å². The first-order chi connectivity index (χ1) is 7.54. The lowest BCUT2D eigenvalue weighted by molar-refractivity contribution is 0.1000. The van der Waals surface area contributed by atoms with Gasteiger partial charge in [0.1, 0.15) is 5.82 Å². The van der Waals surface area contributed by atoms with Gasteiger partial charge in [0, 0.05) is 24.2 Å². The molecule has 1 amide bonds. The van der Waals surface area contributed by atoms with Crippen molar-refractivity contribution in [1.29, 1.82) is 0 Å². The number of halogens is 1. The van der Waals surface area contributed by atoms with Gasteiger partial charge in [-0.05, 0) is 19.2 Å². The fourth-order valence-electron chi connectivity index (χ4n) is 1.37. The van der Waals surface area contributed by atoms with E-state index in [4.69, 9.17) is 10.8 Å². The maximum absolute atomic E-state index is 13.5. The number of primary amides is 1. The summed E-state index contributed by atoms with van der Waals surface area (Å²) in [5.74, 6) is -1.10. The number of aliphatic hydroxyl groups excluding tert-OH is 1. The molecule has 16 heavy (non-hydrogen) atoms. The number of carbonyl (C=O) groups excluding carboxylic acids is 1. The van der Waals surface area contributed by atoms with E-state index in [9.17, 15) is 9.18 Å². The molecule has 0 heterocycles. The third-order valence-corrected chi connectivity index (χ3v) is 2.26. The molecule has 0 radical (unpaired) electrons. The maximum Gasteiger partial charge on any atom is 0.248 e. The Bertz CT molecular complexity index is 382. The normalized spacial score (nSPS) is 10.8. The lowest BCUT2D eigenvalue weighted by Crippen LogP contribution is -2.22. The standard InChI is InChI=1S/C11H15FN2O2/c1-14(4-5-15)7-9-3-2-8(11(13)16)6-10(9)12/h2-3,6,15H,4-5,7H2,1H3,(H2,13,16). The summed E-state index contributed by atoms with van der Waals surface area (Å²) in [4.78, 5) is 12.6. The van der Waals surface area contributed by atoms with Gasteiger partial charge in [0.05, 0.1) is 6.61 Å². The van der Waals surface area contributed by atoms with Crippen molar-refractivity contribution in [3.8, 4) is 0 Å². The highest BCUT2D eigenvalue weighted by Crippen LogP contribution is 2.12. The van der Waals surface area contributed by atoms with Crippen LogP contribution in [0, 0.1) is 5.82 Å². The molecule has 0 saturated carbocycles. The van der Waals surface area contributed by atoms with E-state index in [0.717, 1.165) is 6.07 Å². The van der Waals surface area contributed by atoms with Gasteiger partial charge in [-0.25, -0.2) is 4.39 Å². The average Bonchev–Trinajstić information content (AvgIpc) is 2.21. The highest BCUT2D eigenvalue weighted by molar-refractivity contribution is 5.92. The van der Waals surface area contributed by atoms with Crippen LogP contribution in [-0.4, -0.2) is 36.1 Å². The van der Waals surface area contributed by atoms with Crippen molar-refractivity contribution in [3.63, 3.8) is 0 Å². The Kier molecular flexibility index (Phi) is 4.39.